The zero-order valence-corrected chi connectivity index (χ0v) is 11.9. The van der Waals surface area contributed by atoms with Crippen molar-refractivity contribution in [2.45, 2.75) is 45.3 Å². The van der Waals surface area contributed by atoms with E-state index in [0.29, 0.717) is 6.42 Å². The molecule has 110 valence electrons. The van der Waals surface area contributed by atoms with Gasteiger partial charge in [-0.3, -0.25) is 4.79 Å². The maximum atomic E-state index is 13.7. The SMILES string of the molecule is CC1(C)CC(C(=O)c2ccc(F)c(F)c2F)C(C)(C)O1. The molecule has 0 spiro atoms. The molecule has 5 heteroatoms. The minimum atomic E-state index is -1.62. The van der Waals surface area contributed by atoms with Crippen LogP contribution in [0.1, 0.15) is 44.5 Å². The smallest absolute Gasteiger partial charge is 0.195 e. The Bertz CT molecular complexity index is 564. The Hall–Kier alpha value is -1.36. The van der Waals surface area contributed by atoms with Gasteiger partial charge in [-0.1, -0.05) is 0 Å². The zero-order chi connectivity index (χ0) is 15.3. The highest BCUT2D eigenvalue weighted by Crippen LogP contribution is 2.43. The second-order valence-electron chi connectivity index (χ2n) is 6.31. The summed E-state index contributed by atoms with van der Waals surface area (Å²) in [4.78, 5) is 12.4. The van der Waals surface area contributed by atoms with Crippen molar-refractivity contribution in [3.8, 4) is 0 Å². The maximum absolute atomic E-state index is 13.7. The fourth-order valence-corrected chi connectivity index (χ4v) is 2.87. The third kappa shape index (κ3) is 2.46. The molecule has 1 atom stereocenters. The predicted octanol–water partition coefficient (Wildman–Crippen LogP) is 3.88. The molecule has 1 aromatic carbocycles. The number of ketones is 1. The van der Waals surface area contributed by atoms with Crippen molar-refractivity contribution in [1.82, 2.24) is 0 Å². The number of halogens is 3. The second kappa shape index (κ2) is 4.58. The molecule has 1 aliphatic rings. The molecular weight excluding hydrogens is 269 g/mol. The van der Waals surface area contributed by atoms with Crippen molar-refractivity contribution in [1.29, 1.82) is 0 Å². The van der Waals surface area contributed by atoms with Crippen LogP contribution in [0.5, 0.6) is 0 Å². The van der Waals surface area contributed by atoms with Gasteiger partial charge in [-0.25, -0.2) is 13.2 Å². The Morgan fingerprint density at radius 1 is 1.15 bits per heavy atom. The van der Waals surface area contributed by atoms with Gasteiger partial charge in [0.15, 0.2) is 23.2 Å². The first-order valence-electron chi connectivity index (χ1n) is 6.43. The number of hydrogen-bond donors (Lipinski definition) is 0. The minimum absolute atomic E-state index is 0.400. The fourth-order valence-electron chi connectivity index (χ4n) is 2.87. The van der Waals surface area contributed by atoms with E-state index in [-0.39, 0.29) is 0 Å². The summed E-state index contributed by atoms with van der Waals surface area (Å²) >= 11 is 0. The molecule has 0 radical (unpaired) electrons. The number of benzene rings is 1. The predicted molar refractivity (Wildman–Crippen MR) is 68.0 cm³/mol. The minimum Gasteiger partial charge on any atom is -0.369 e. The van der Waals surface area contributed by atoms with Crippen molar-refractivity contribution >= 4 is 5.78 Å². The third-order valence-electron chi connectivity index (χ3n) is 3.69. The zero-order valence-electron chi connectivity index (χ0n) is 11.9. The van der Waals surface area contributed by atoms with E-state index in [1.807, 2.05) is 13.8 Å². The first-order valence-corrected chi connectivity index (χ1v) is 6.43. The summed E-state index contributed by atoms with van der Waals surface area (Å²) in [5.74, 6) is -5.52. The monoisotopic (exact) mass is 286 g/mol. The van der Waals surface area contributed by atoms with Gasteiger partial charge in [-0.2, -0.15) is 0 Å². The molecule has 0 amide bonds. The molecule has 0 bridgehead atoms. The Balaban J connectivity index is 2.40. The molecule has 0 aliphatic carbocycles. The number of hydrogen-bond acceptors (Lipinski definition) is 2. The maximum Gasteiger partial charge on any atom is 0.195 e. The fraction of sp³-hybridized carbons (Fsp3) is 0.533. The van der Waals surface area contributed by atoms with Crippen LogP contribution in [0.4, 0.5) is 13.2 Å². The standard InChI is InChI=1S/C15H17F3O2/c1-14(2)7-9(15(3,4)20-14)13(19)8-5-6-10(16)12(18)11(8)17/h5-6,9H,7H2,1-4H3. The highest BCUT2D eigenvalue weighted by Gasteiger charge is 2.49. The summed E-state index contributed by atoms with van der Waals surface area (Å²) in [6, 6.07) is 1.75. The Kier molecular flexibility index (Phi) is 3.45. The summed E-state index contributed by atoms with van der Waals surface area (Å²) in [7, 11) is 0. The van der Waals surface area contributed by atoms with E-state index in [1.165, 1.54) is 0 Å². The lowest BCUT2D eigenvalue weighted by Crippen LogP contribution is -2.34. The van der Waals surface area contributed by atoms with Gasteiger partial charge in [0.25, 0.3) is 0 Å². The van der Waals surface area contributed by atoms with Crippen molar-refractivity contribution in [2.75, 3.05) is 0 Å². The number of ether oxygens (including phenoxy) is 1. The largest absolute Gasteiger partial charge is 0.369 e. The molecule has 1 unspecified atom stereocenters. The second-order valence-corrected chi connectivity index (χ2v) is 6.31. The molecule has 20 heavy (non-hydrogen) atoms. The molecule has 0 aromatic heterocycles. The molecule has 1 fully saturated rings. The first kappa shape index (κ1) is 15.0. The lowest BCUT2D eigenvalue weighted by Gasteiger charge is -2.26. The van der Waals surface area contributed by atoms with Crippen LogP contribution in [0.15, 0.2) is 12.1 Å². The molecule has 0 N–H and O–H groups in total. The quantitative estimate of drug-likeness (QED) is 0.609. The summed E-state index contributed by atoms with van der Waals surface area (Å²) < 4.78 is 45.7. The molecule has 1 aromatic rings. The lowest BCUT2D eigenvalue weighted by atomic mass is 9.81. The van der Waals surface area contributed by atoms with E-state index < -0.39 is 45.9 Å². The molecule has 1 saturated heterocycles. The molecule has 2 nitrogen and oxygen atoms in total. The first-order chi connectivity index (χ1) is 9.05. The lowest BCUT2D eigenvalue weighted by molar-refractivity contribution is -0.0712. The van der Waals surface area contributed by atoms with Crippen LogP contribution in [0, 0.1) is 23.4 Å². The Labute approximate surface area is 115 Å². The van der Waals surface area contributed by atoms with Crippen molar-refractivity contribution < 1.29 is 22.7 Å². The summed E-state index contributed by atoms with van der Waals surface area (Å²) in [6.07, 6.45) is 0.400. The van der Waals surface area contributed by atoms with E-state index in [9.17, 15) is 18.0 Å². The van der Waals surface area contributed by atoms with Crippen LogP contribution < -0.4 is 0 Å². The number of rotatable bonds is 2. The van der Waals surface area contributed by atoms with Crippen LogP contribution in [0.2, 0.25) is 0 Å². The average Bonchev–Trinajstić information content (AvgIpc) is 2.54. The van der Waals surface area contributed by atoms with E-state index in [4.69, 9.17) is 4.74 Å². The number of carbonyl (C=O) groups is 1. The highest BCUT2D eigenvalue weighted by molar-refractivity contribution is 5.99. The summed E-state index contributed by atoms with van der Waals surface area (Å²) in [6.45, 7) is 7.15. The molecule has 1 aliphatic heterocycles. The molecule has 1 heterocycles. The topological polar surface area (TPSA) is 26.3 Å². The molecular formula is C15H17F3O2. The van der Waals surface area contributed by atoms with E-state index in [1.54, 1.807) is 13.8 Å². The Morgan fingerprint density at radius 2 is 1.75 bits per heavy atom. The van der Waals surface area contributed by atoms with Gasteiger partial charge in [-0.05, 0) is 46.2 Å². The third-order valence-corrected chi connectivity index (χ3v) is 3.69. The van der Waals surface area contributed by atoms with Crippen molar-refractivity contribution in [2.24, 2.45) is 5.92 Å². The van der Waals surface area contributed by atoms with Crippen LogP contribution in [0.3, 0.4) is 0 Å². The van der Waals surface area contributed by atoms with Gasteiger partial charge >= 0.3 is 0 Å². The van der Waals surface area contributed by atoms with Gasteiger partial charge in [-0.15, -0.1) is 0 Å². The van der Waals surface area contributed by atoms with E-state index in [0.717, 1.165) is 12.1 Å². The molecule has 2 rings (SSSR count). The van der Waals surface area contributed by atoms with Gasteiger partial charge < -0.3 is 4.74 Å². The van der Waals surface area contributed by atoms with Crippen LogP contribution in [0.25, 0.3) is 0 Å². The van der Waals surface area contributed by atoms with Crippen LogP contribution in [-0.4, -0.2) is 17.0 Å². The van der Waals surface area contributed by atoms with Crippen LogP contribution in [-0.2, 0) is 4.74 Å². The van der Waals surface area contributed by atoms with E-state index in [2.05, 4.69) is 0 Å². The average molecular weight is 286 g/mol. The summed E-state index contributed by atoms with van der Waals surface area (Å²) in [5, 5.41) is 0. The van der Waals surface area contributed by atoms with Crippen LogP contribution >= 0.6 is 0 Å². The normalized spacial score (nSPS) is 23.9. The van der Waals surface area contributed by atoms with Gasteiger partial charge in [0.2, 0.25) is 0 Å². The van der Waals surface area contributed by atoms with Crippen molar-refractivity contribution in [3.63, 3.8) is 0 Å². The molecule has 0 saturated carbocycles. The number of carbonyl (C=O) groups excluding carboxylic acids is 1. The Morgan fingerprint density at radius 3 is 2.25 bits per heavy atom. The van der Waals surface area contributed by atoms with Gasteiger partial charge in [0.05, 0.1) is 22.7 Å². The van der Waals surface area contributed by atoms with Gasteiger partial charge in [0, 0.05) is 0 Å². The summed E-state index contributed by atoms with van der Waals surface area (Å²) in [5.41, 5.74) is -1.72. The van der Waals surface area contributed by atoms with E-state index >= 15 is 0 Å². The number of Topliss-reactive ketones (excluding diaryl/α,β-unsaturated/α-hetero) is 1. The van der Waals surface area contributed by atoms with Crippen molar-refractivity contribution in [3.05, 3.63) is 35.1 Å². The highest BCUT2D eigenvalue weighted by atomic mass is 19.2. The van der Waals surface area contributed by atoms with Gasteiger partial charge in [0.1, 0.15) is 0 Å².